The number of aromatic nitrogens is 2. The van der Waals surface area contributed by atoms with Gasteiger partial charge in [-0.1, -0.05) is 42.5 Å². The van der Waals surface area contributed by atoms with E-state index in [4.69, 9.17) is 4.74 Å². The summed E-state index contributed by atoms with van der Waals surface area (Å²) >= 11 is 0. The van der Waals surface area contributed by atoms with Crippen molar-refractivity contribution in [3.63, 3.8) is 0 Å². The van der Waals surface area contributed by atoms with E-state index >= 15 is 0 Å². The van der Waals surface area contributed by atoms with Crippen LogP contribution in [0.1, 0.15) is 27.2 Å². The minimum absolute atomic E-state index is 0.173. The van der Waals surface area contributed by atoms with Gasteiger partial charge >= 0.3 is 6.18 Å². The molecule has 0 fully saturated rings. The monoisotopic (exact) mass is 401 g/mol. The molecule has 0 saturated carbocycles. The maximum absolute atomic E-state index is 13.2. The molecule has 2 aromatic carbocycles. The second-order valence-corrected chi connectivity index (χ2v) is 6.74. The lowest BCUT2D eigenvalue weighted by molar-refractivity contribution is -0.138. The van der Waals surface area contributed by atoms with Crippen LogP contribution < -0.4 is 4.74 Å². The number of carbonyl (C=O) groups excluding carboxylic acids is 1. The zero-order valence-corrected chi connectivity index (χ0v) is 15.4. The summed E-state index contributed by atoms with van der Waals surface area (Å²) < 4.78 is 47.2. The third-order valence-electron chi connectivity index (χ3n) is 4.76. The van der Waals surface area contributed by atoms with Crippen molar-refractivity contribution in [2.75, 3.05) is 6.54 Å². The van der Waals surface area contributed by atoms with Gasteiger partial charge in [0.05, 0.1) is 29.9 Å². The molecule has 150 valence electrons. The first-order valence-electron chi connectivity index (χ1n) is 9.11. The van der Waals surface area contributed by atoms with Crippen molar-refractivity contribution in [2.45, 2.75) is 25.9 Å². The van der Waals surface area contributed by atoms with Crippen molar-refractivity contribution < 1.29 is 22.7 Å². The summed E-state index contributed by atoms with van der Waals surface area (Å²) in [4.78, 5) is 14.2. The van der Waals surface area contributed by atoms with Crippen LogP contribution in [0.3, 0.4) is 0 Å². The van der Waals surface area contributed by atoms with Crippen molar-refractivity contribution >= 4 is 5.91 Å². The van der Waals surface area contributed by atoms with Crippen LogP contribution in [0.4, 0.5) is 13.2 Å². The lowest BCUT2D eigenvalue weighted by Crippen LogP contribution is -2.39. The van der Waals surface area contributed by atoms with E-state index in [0.717, 1.165) is 17.3 Å². The highest BCUT2D eigenvalue weighted by Crippen LogP contribution is 2.33. The summed E-state index contributed by atoms with van der Waals surface area (Å²) in [5.41, 5.74) is 0.459. The molecule has 0 atom stereocenters. The van der Waals surface area contributed by atoms with Crippen molar-refractivity contribution in [1.29, 1.82) is 0 Å². The predicted octanol–water partition coefficient (Wildman–Crippen LogP) is 4.14. The molecule has 0 spiro atoms. The van der Waals surface area contributed by atoms with E-state index in [9.17, 15) is 18.0 Å². The average Bonchev–Trinajstić information content (AvgIpc) is 3.14. The lowest BCUT2D eigenvalue weighted by Gasteiger charge is -2.28. The zero-order chi connectivity index (χ0) is 20.4. The largest absolute Gasteiger partial charge is 0.472 e. The van der Waals surface area contributed by atoms with Crippen LogP contribution in [-0.4, -0.2) is 27.1 Å². The fraction of sp³-hybridized carbons (Fsp3) is 0.238. The Morgan fingerprint density at radius 3 is 2.52 bits per heavy atom. The molecular weight excluding hydrogens is 383 g/mol. The lowest BCUT2D eigenvalue weighted by atomic mass is 10.1. The molecule has 0 radical (unpaired) electrons. The van der Waals surface area contributed by atoms with Gasteiger partial charge in [0.1, 0.15) is 6.61 Å². The van der Waals surface area contributed by atoms with Crippen LogP contribution in [0.5, 0.6) is 5.88 Å². The highest BCUT2D eigenvalue weighted by molar-refractivity contribution is 5.96. The van der Waals surface area contributed by atoms with E-state index in [1.807, 2.05) is 30.3 Å². The van der Waals surface area contributed by atoms with Crippen molar-refractivity contribution in [2.24, 2.45) is 0 Å². The van der Waals surface area contributed by atoms with Crippen LogP contribution in [0.25, 0.3) is 0 Å². The number of hydrogen-bond donors (Lipinski definition) is 0. The number of carbonyl (C=O) groups is 1. The Morgan fingerprint density at radius 1 is 1.03 bits per heavy atom. The molecule has 0 aliphatic carbocycles. The van der Waals surface area contributed by atoms with E-state index in [1.165, 1.54) is 23.1 Å². The first-order valence-corrected chi connectivity index (χ1v) is 9.11. The molecule has 1 aliphatic heterocycles. The number of nitrogens with zero attached hydrogens (tertiary/aromatic N) is 3. The molecule has 0 bridgehead atoms. The van der Waals surface area contributed by atoms with Gasteiger partial charge in [-0.2, -0.15) is 13.2 Å². The summed E-state index contributed by atoms with van der Waals surface area (Å²) in [6, 6.07) is 16.2. The number of rotatable bonds is 4. The van der Waals surface area contributed by atoms with Crippen LogP contribution in [0, 0.1) is 0 Å². The normalized spacial score (nSPS) is 13.8. The first-order chi connectivity index (χ1) is 13.9. The Labute approximate surface area is 165 Å². The highest BCUT2D eigenvalue weighted by Gasteiger charge is 2.36. The van der Waals surface area contributed by atoms with Crippen LogP contribution >= 0.6 is 0 Å². The molecule has 4 rings (SSSR count). The van der Waals surface area contributed by atoms with Crippen molar-refractivity contribution in [1.82, 2.24) is 14.7 Å². The Morgan fingerprint density at radius 2 is 1.76 bits per heavy atom. The molecule has 1 amide bonds. The fourth-order valence-electron chi connectivity index (χ4n) is 3.30. The molecule has 1 aromatic heterocycles. The molecule has 1 aliphatic rings. The van der Waals surface area contributed by atoms with Gasteiger partial charge in [-0.25, -0.2) is 0 Å². The van der Waals surface area contributed by atoms with Gasteiger partial charge < -0.3 is 9.64 Å². The molecule has 5 nitrogen and oxygen atoms in total. The number of benzene rings is 2. The maximum atomic E-state index is 13.2. The summed E-state index contributed by atoms with van der Waals surface area (Å²) in [6.45, 7) is 1.20. The van der Waals surface area contributed by atoms with Gasteiger partial charge in [0.2, 0.25) is 5.88 Å². The third-order valence-corrected chi connectivity index (χ3v) is 4.76. The highest BCUT2D eigenvalue weighted by atomic mass is 19.4. The zero-order valence-electron chi connectivity index (χ0n) is 15.4. The van der Waals surface area contributed by atoms with Crippen LogP contribution in [0.15, 0.2) is 60.7 Å². The van der Waals surface area contributed by atoms with Gasteiger partial charge in [0, 0.05) is 12.6 Å². The summed E-state index contributed by atoms with van der Waals surface area (Å²) in [6.07, 6.45) is -4.58. The van der Waals surface area contributed by atoms with E-state index < -0.39 is 17.6 Å². The number of ether oxygens (including phenoxy) is 1. The SMILES string of the molecule is O=C(c1ccccc1C(F)(F)F)N1CCn2nc(OCc3ccccc3)cc2C1. The van der Waals surface area contributed by atoms with Crippen molar-refractivity contribution in [3.05, 3.63) is 83.0 Å². The van der Waals surface area contributed by atoms with Gasteiger partial charge in [-0.05, 0) is 17.7 Å². The third kappa shape index (κ3) is 4.11. The summed E-state index contributed by atoms with van der Waals surface area (Å²) in [7, 11) is 0. The van der Waals surface area contributed by atoms with Gasteiger partial charge in [0.15, 0.2) is 0 Å². The number of halogens is 3. The number of fused-ring (bicyclic) bond motifs is 1. The van der Waals surface area contributed by atoms with E-state index in [-0.39, 0.29) is 18.7 Å². The molecule has 8 heteroatoms. The minimum Gasteiger partial charge on any atom is -0.472 e. The van der Waals surface area contributed by atoms with Crippen LogP contribution in [-0.2, 0) is 25.9 Å². The number of hydrogen-bond acceptors (Lipinski definition) is 3. The second kappa shape index (κ2) is 7.62. The predicted molar refractivity (Wildman–Crippen MR) is 99.2 cm³/mol. The average molecular weight is 401 g/mol. The van der Waals surface area contributed by atoms with Gasteiger partial charge in [-0.15, -0.1) is 5.10 Å². The Hall–Kier alpha value is -3.29. The Bertz CT molecular complexity index is 1020. The van der Waals surface area contributed by atoms with Crippen molar-refractivity contribution in [3.8, 4) is 5.88 Å². The Balaban J connectivity index is 1.48. The van der Waals surface area contributed by atoms with E-state index in [0.29, 0.717) is 19.0 Å². The smallest absolute Gasteiger partial charge is 0.417 e. The van der Waals surface area contributed by atoms with Gasteiger partial charge in [-0.3, -0.25) is 9.48 Å². The maximum Gasteiger partial charge on any atom is 0.417 e. The molecule has 0 N–H and O–H groups in total. The molecule has 0 saturated heterocycles. The first kappa shape index (κ1) is 19.0. The second-order valence-electron chi connectivity index (χ2n) is 6.74. The van der Waals surface area contributed by atoms with E-state index in [1.54, 1.807) is 10.7 Å². The topological polar surface area (TPSA) is 47.4 Å². The summed E-state index contributed by atoms with van der Waals surface area (Å²) in [5, 5.41) is 4.37. The number of alkyl halides is 3. The van der Waals surface area contributed by atoms with Crippen LogP contribution in [0.2, 0.25) is 0 Å². The standard InChI is InChI=1S/C21H18F3N3O2/c22-21(23,24)18-9-5-4-8-17(18)20(28)26-10-11-27-16(13-26)12-19(25-27)29-14-15-6-2-1-3-7-15/h1-9,12H,10-11,13-14H2. The molecule has 3 aromatic rings. The molecular formula is C21H18F3N3O2. The van der Waals surface area contributed by atoms with E-state index in [2.05, 4.69) is 5.10 Å². The molecule has 2 heterocycles. The molecule has 29 heavy (non-hydrogen) atoms. The quantitative estimate of drug-likeness (QED) is 0.660. The Kier molecular flexibility index (Phi) is 5.00. The molecule has 0 unspecified atom stereocenters. The van der Waals surface area contributed by atoms with Gasteiger partial charge in [0.25, 0.3) is 5.91 Å². The minimum atomic E-state index is -4.58. The number of amides is 1. The fourth-order valence-corrected chi connectivity index (χ4v) is 3.30. The summed E-state index contributed by atoms with van der Waals surface area (Å²) in [5.74, 6) is -0.217.